The summed E-state index contributed by atoms with van der Waals surface area (Å²) in [6.07, 6.45) is -3.40. The molecule has 1 aliphatic rings. The first-order valence-corrected chi connectivity index (χ1v) is 5.99. The number of benzene rings is 1. The third-order valence-corrected chi connectivity index (χ3v) is 3.54. The molecule has 2 atom stereocenters. The minimum absolute atomic E-state index is 0.0259. The lowest BCUT2D eigenvalue weighted by molar-refractivity contribution is -0.137. The second-order valence-corrected chi connectivity index (χ2v) is 4.94. The molecular formula is C13H17F3N2. The SMILES string of the molecule is CN1CCC(N)C(c2ccc(C(F)(F)F)cc2)C1. The Morgan fingerprint density at radius 3 is 2.39 bits per heavy atom. The van der Waals surface area contributed by atoms with Crippen molar-refractivity contribution in [3.8, 4) is 0 Å². The predicted octanol–water partition coefficient (Wildman–Crippen LogP) is 2.45. The van der Waals surface area contributed by atoms with Crippen LogP contribution in [0.25, 0.3) is 0 Å². The van der Waals surface area contributed by atoms with Crippen LogP contribution in [0.2, 0.25) is 0 Å². The summed E-state index contributed by atoms with van der Waals surface area (Å²) >= 11 is 0. The van der Waals surface area contributed by atoms with Crippen molar-refractivity contribution in [3.05, 3.63) is 35.4 Å². The molecule has 0 spiro atoms. The maximum Gasteiger partial charge on any atom is 0.416 e. The van der Waals surface area contributed by atoms with Crippen molar-refractivity contribution >= 4 is 0 Å². The number of likely N-dealkylation sites (N-methyl/N-ethyl adjacent to an activating group) is 1. The van der Waals surface area contributed by atoms with E-state index in [0.29, 0.717) is 0 Å². The number of piperidine rings is 1. The van der Waals surface area contributed by atoms with Gasteiger partial charge < -0.3 is 10.6 Å². The Morgan fingerprint density at radius 1 is 1.22 bits per heavy atom. The Bertz CT molecular complexity index is 400. The number of hydrogen-bond acceptors (Lipinski definition) is 2. The fourth-order valence-corrected chi connectivity index (χ4v) is 2.41. The van der Waals surface area contributed by atoms with Gasteiger partial charge in [0.1, 0.15) is 0 Å². The van der Waals surface area contributed by atoms with Gasteiger partial charge in [0.2, 0.25) is 0 Å². The van der Waals surface area contributed by atoms with E-state index in [-0.39, 0.29) is 12.0 Å². The molecule has 1 aromatic carbocycles. The van der Waals surface area contributed by atoms with E-state index in [1.165, 1.54) is 0 Å². The maximum atomic E-state index is 12.5. The summed E-state index contributed by atoms with van der Waals surface area (Å²) in [7, 11) is 2.00. The molecular weight excluding hydrogens is 241 g/mol. The van der Waals surface area contributed by atoms with Crippen LogP contribution in [0.4, 0.5) is 13.2 Å². The fourth-order valence-electron chi connectivity index (χ4n) is 2.41. The van der Waals surface area contributed by atoms with Gasteiger partial charge >= 0.3 is 6.18 Å². The molecule has 0 aliphatic carbocycles. The number of likely N-dealkylation sites (tertiary alicyclic amines) is 1. The molecule has 1 heterocycles. The molecule has 2 unspecified atom stereocenters. The van der Waals surface area contributed by atoms with Crippen molar-refractivity contribution < 1.29 is 13.2 Å². The molecule has 1 fully saturated rings. The standard InChI is InChI=1S/C13H17F3N2/c1-18-7-6-12(17)11(8-18)9-2-4-10(5-3-9)13(14,15)16/h2-5,11-12H,6-8,17H2,1H3. The summed E-state index contributed by atoms with van der Waals surface area (Å²) < 4.78 is 37.4. The van der Waals surface area contributed by atoms with E-state index in [9.17, 15) is 13.2 Å². The van der Waals surface area contributed by atoms with Crippen LogP contribution in [0, 0.1) is 0 Å². The summed E-state index contributed by atoms with van der Waals surface area (Å²) in [6.45, 7) is 1.74. The number of nitrogens with zero attached hydrogens (tertiary/aromatic N) is 1. The van der Waals surface area contributed by atoms with E-state index in [2.05, 4.69) is 4.90 Å². The van der Waals surface area contributed by atoms with Gasteiger partial charge in [-0.05, 0) is 37.7 Å². The summed E-state index contributed by atoms with van der Waals surface area (Å²) in [4.78, 5) is 2.16. The summed E-state index contributed by atoms with van der Waals surface area (Å²) in [6, 6.07) is 5.39. The van der Waals surface area contributed by atoms with E-state index >= 15 is 0 Å². The topological polar surface area (TPSA) is 29.3 Å². The van der Waals surface area contributed by atoms with E-state index < -0.39 is 11.7 Å². The van der Waals surface area contributed by atoms with Crippen molar-refractivity contribution in [2.45, 2.75) is 24.6 Å². The van der Waals surface area contributed by atoms with Crippen LogP contribution >= 0.6 is 0 Å². The quantitative estimate of drug-likeness (QED) is 0.838. The lowest BCUT2D eigenvalue weighted by atomic mass is 9.86. The van der Waals surface area contributed by atoms with E-state index in [1.54, 1.807) is 12.1 Å². The van der Waals surface area contributed by atoms with Gasteiger partial charge in [0, 0.05) is 18.5 Å². The summed E-state index contributed by atoms with van der Waals surface area (Å²) in [5.74, 6) is 0.117. The lowest BCUT2D eigenvalue weighted by Crippen LogP contribution is -2.44. The van der Waals surface area contributed by atoms with Crippen LogP contribution in [-0.4, -0.2) is 31.1 Å². The number of alkyl halides is 3. The van der Waals surface area contributed by atoms with Crippen molar-refractivity contribution in [1.29, 1.82) is 0 Å². The van der Waals surface area contributed by atoms with Gasteiger partial charge in [-0.15, -0.1) is 0 Å². The average Bonchev–Trinajstić information content (AvgIpc) is 2.31. The number of nitrogens with two attached hydrogens (primary N) is 1. The maximum absolute atomic E-state index is 12.5. The highest BCUT2D eigenvalue weighted by molar-refractivity contribution is 5.28. The van der Waals surface area contributed by atoms with E-state index in [1.807, 2.05) is 7.05 Å². The molecule has 2 rings (SSSR count). The fraction of sp³-hybridized carbons (Fsp3) is 0.538. The largest absolute Gasteiger partial charge is 0.416 e. The third-order valence-electron chi connectivity index (χ3n) is 3.54. The van der Waals surface area contributed by atoms with Gasteiger partial charge in [0.25, 0.3) is 0 Å². The molecule has 2 N–H and O–H groups in total. The molecule has 0 aromatic heterocycles. The van der Waals surface area contributed by atoms with E-state index in [4.69, 9.17) is 5.73 Å². The zero-order valence-corrected chi connectivity index (χ0v) is 10.2. The average molecular weight is 258 g/mol. The molecule has 0 saturated carbocycles. The first kappa shape index (κ1) is 13.4. The molecule has 0 amide bonds. The zero-order valence-electron chi connectivity index (χ0n) is 10.2. The monoisotopic (exact) mass is 258 g/mol. The number of rotatable bonds is 1. The van der Waals surface area contributed by atoms with Crippen LogP contribution in [0.5, 0.6) is 0 Å². The normalized spacial score (nSPS) is 26.3. The second-order valence-electron chi connectivity index (χ2n) is 4.94. The zero-order chi connectivity index (χ0) is 13.3. The number of halogens is 3. The second kappa shape index (κ2) is 4.90. The lowest BCUT2D eigenvalue weighted by Gasteiger charge is -2.35. The first-order chi connectivity index (χ1) is 8.38. The Morgan fingerprint density at radius 2 is 1.83 bits per heavy atom. The minimum Gasteiger partial charge on any atom is -0.327 e. The molecule has 2 nitrogen and oxygen atoms in total. The summed E-state index contributed by atoms with van der Waals surface area (Å²) in [5.41, 5.74) is 6.33. The smallest absolute Gasteiger partial charge is 0.327 e. The molecule has 1 aromatic rings. The molecule has 1 saturated heterocycles. The highest BCUT2D eigenvalue weighted by Gasteiger charge is 2.31. The van der Waals surface area contributed by atoms with Crippen LogP contribution in [0.15, 0.2) is 24.3 Å². The molecule has 1 aliphatic heterocycles. The van der Waals surface area contributed by atoms with Gasteiger partial charge in [-0.25, -0.2) is 0 Å². The third kappa shape index (κ3) is 2.84. The number of hydrogen-bond donors (Lipinski definition) is 1. The van der Waals surface area contributed by atoms with Gasteiger partial charge in [0.05, 0.1) is 5.56 Å². The Labute approximate surface area is 105 Å². The summed E-state index contributed by atoms with van der Waals surface area (Å²) in [5, 5.41) is 0. The van der Waals surface area contributed by atoms with Crippen molar-refractivity contribution in [3.63, 3.8) is 0 Å². The van der Waals surface area contributed by atoms with Crippen molar-refractivity contribution in [2.75, 3.05) is 20.1 Å². The Kier molecular flexibility index (Phi) is 3.64. The molecule has 100 valence electrons. The van der Waals surface area contributed by atoms with Gasteiger partial charge in [0.15, 0.2) is 0 Å². The van der Waals surface area contributed by atoms with Gasteiger partial charge in [-0.2, -0.15) is 13.2 Å². The molecule has 0 bridgehead atoms. The van der Waals surface area contributed by atoms with Crippen LogP contribution in [0.1, 0.15) is 23.5 Å². The first-order valence-electron chi connectivity index (χ1n) is 5.99. The van der Waals surface area contributed by atoms with Crippen LogP contribution < -0.4 is 5.73 Å². The highest BCUT2D eigenvalue weighted by atomic mass is 19.4. The highest BCUT2D eigenvalue weighted by Crippen LogP contribution is 2.31. The predicted molar refractivity (Wildman–Crippen MR) is 64.3 cm³/mol. The molecule has 18 heavy (non-hydrogen) atoms. The van der Waals surface area contributed by atoms with Crippen LogP contribution in [0.3, 0.4) is 0 Å². The van der Waals surface area contributed by atoms with Crippen molar-refractivity contribution in [2.24, 2.45) is 5.73 Å². The molecule has 0 radical (unpaired) electrons. The van der Waals surface area contributed by atoms with Crippen molar-refractivity contribution in [1.82, 2.24) is 4.90 Å². The Balaban J connectivity index is 2.18. The van der Waals surface area contributed by atoms with Gasteiger partial charge in [-0.3, -0.25) is 0 Å². The minimum atomic E-state index is -4.27. The van der Waals surface area contributed by atoms with Crippen LogP contribution in [-0.2, 0) is 6.18 Å². The van der Waals surface area contributed by atoms with E-state index in [0.717, 1.165) is 37.2 Å². The molecule has 5 heteroatoms. The van der Waals surface area contributed by atoms with Gasteiger partial charge in [-0.1, -0.05) is 12.1 Å². The Hall–Kier alpha value is -1.07.